The average molecular weight is 414 g/mol. The van der Waals surface area contributed by atoms with Gasteiger partial charge in [0.1, 0.15) is 0 Å². The van der Waals surface area contributed by atoms with Crippen molar-refractivity contribution in [3.8, 4) is 0 Å². The highest BCUT2D eigenvalue weighted by atomic mass is 32.2. The lowest BCUT2D eigenvalue weighted by Gasteiger charge is -2.09. The van der Waals surface area contributed by atoms with Crippen LogP contribution in [0.5, 0.6) is 0 Å². The van der Waals surface area contributed by atoms with Crippen molar-refractivity contribution in [3.05, 3.63) is 54.6 Å². The summed E-state index contributed by atoms with van der Waals surface area (Å²) in [4.78, 5) is 23.5. The molecular formula is C19H19N5O2S2. The van der Waals surface area contributed by atoms with Crippen LogP contribution in [0.25, 0.3) is 0 Å². The second kappa shape index (κ2) is 9.34. The molecule has 0 saturated carbocycles. The maximum atomic E-state index is 12.3. The van der Waals surface area contributed by atoms with E-state index in [4.69, 9.17) is 0 Å². The van der Waals surface area contributed by atoms with Crippen molar-refractivity contribution in [2.24, 2.45) is 0 Å². The Morgan fingerprint density at radius 2 is 1.68 bits per heavy atom. The van der Waals surface area contributed by atoms with Crippen LogP contribution in [0.15, 0.2) is 58.9 Å². The summed E-state index contributed by atoms with van der Waals surface area (Å²) in [6.45, 7) is 3.29. The number of hydrogen-bond acceptors (Lipinski definition) is 7. The summed E-state index contributed by atoms with van der Waals surface area (Å²) in [5.41, 5.74) is 2.25. The molecule has 7 nitrogen and oxygen atoms in total. The van der Waals surface area contributed by atoms with Crippen LogP contribution >= 0.6 is 23.1 Å². The maximum absolute atomic E-state index is 12.3. The van der Waals surface area contributed by atoms with E-state index in [1.807, 2.05) is 55.5 Å². The number of hydrogen-bond donors (Lipinski definition) is 3. The van der Waals surface area contributed by atoms with E-state index in [0.29, 0.717) is 15.2 Å². The van der Waals surface area contributed by atoms with Crippen LogP contribution in [0.3, 0.4) is 0 Å². The van der Waals surface area contributed by atoms with E-state index >= 15 is 0 Å². The maximum Gasteiger partial charge on any atom is 0.237 e. The van der Waals surface area contributed by atoms with Crippen LogP contribution in [0.1, 0.15) is 13.8 Å². The van der Waals surface area contributed by atoms with Crippen LogP contribution in [0.4, 0.5) is 22.2 Å². The van der Waals surface area contributed by atoms with E-state index in [0.717, 1.165) is 11.4 Å². The van der Waals surface area contributed by atoms with Crippen molar-refractivity contribution >= 4 is 57.1 Å². The number of benzene rings is 2. The summed E-state index contributed by atoms with van der Waals surface area (Å²) in [6, 6.07) is 16.7. The predicted octanol–water partition coefficient (Wildman–Crippen LogP) is 4.36. The largest absolute Gasteiger partial charge is 0.330 e. The number of carbonyl (C=O) groups is 2. The molecular weight excluding hydrogens is 394 g/mol. The van der Waals surface area contributed by atoms with Gasteiger partial charge in [0.25, 0.3) is 0 Å². The Kier molecular flexibility index (Phi) is 6.62. The molecule has 3 N–H and O–H groups in total. The third-order valence-corrected chi connectivity index (χ3v) is 5.55. The molecule has 1 aromatic heterocycles. The van der Waals surface area contributed by atoms with Gasteiger partial charge >= 0.3 is 0 Å². The Balaban J connectivity index is 1.58. The van der Waals surface area contributed by atoms with E-state index in [9.17, 15) is 9.59 Å². The van der Waals surface area contributed by atoms with Gasteiger partial charge in [0.15, 0.2) is 4.34 Å². The first-order valence-corrected chi connectivity index (χ1v) is 10.2. The number of para-hydroxylation sites is 1. The lowest BCUT2D eigenvalue weighted by Crippen LogP contribution is -2.22. The molecule has 28 heavy (non-hydrogen) atoms. The number of aromatic nitrogens is 2. The van der Waals surface area contributed by atoms with E-state index < -0.39 is 0 Å². The van der Waals surface area contributed by atoms with Crippen molar-refractivity contribution in [1.29, 1.82) is 0 Å². The third kappa shape index (κ3) is 5.80. The fourth-order valence-electron chi connectivity index (χ4n) is 2.28. The molecule has 2 aromatic carbocycles. The van der Waals surface area contributed by atoms with Gasteiger partial charge in [-0.1, -0.05) is 47.4 Å². The van der Waals surface area contributed by atoms with Crippen molar-refractivity contribution in [3.63, 3.8) is 0 Å². The fraction of sp³-hybridized carbons (Fsp3) is 0.158. The molecule has 3 aromatic rings. The average Bonchev–Trinajstić information content (AvgIpc) is 3.09. The van der Waals surface area contributed by atoms with Crippen LogP contribution in [-0.4, -0.2) is 27.3 Å². The second-order valence-electron chi connectivity index (χ2n) is 5.88. The lowest BCUT2D eigenvalue weighted by molar-refractivity contribution is -0.115. The summed E-state index contributed by atoms with van der Waals surface area (Å²) in [5.74, 6) is -0.224. The standard InChI is InChI=1S/C19H19N5O2S2/c1-12(17(26)21-14-7-4-3-5-8-14)27-19-24-23-18(28-19)22-16-10-6-9-15(11-16)20-13(2)25/h3-12H,1-2H3,(H,20,25)(H,21,26)(H,22,23)/t12-/m0/s1. The van der Waals surface area contributed by atoms with Gasteiger partial charge in [-0.05, 0) is 37.3 Å². The smallest absolute Gasteiger partial charge is 0.237 e. The molecule has 0 spiro atoms. The number of rotatable bonds is 7. The van der Waals surface area contributed by atoms with Gasteiger partial charge in [-0.3, -0.25) is 9.59 Å². The normalized spacial score (nSPS) is 11.5. The number of nitrogens with one attached hydrogen (secondary N) is 3. The molecule has 0 fully saturated rings. The number of carbonyl (C=O) groups excluding carboxylic acids is 2. The Hall–Kier alpha value is -2.91. The topological polar surface area (TPSA) is 96.0 Å². The highest BCUT2D eigenvalue weighted by Crippen LogP contribution is 2.31. The Bertz CT molecular complexity index is 962. The van der Waals surface area contributed by atoms with Gasteiger partial charge < -0.3 is 16.0 Å². The van der Waals surface area contributed by atoms with Gasteiger partial charge in [0.2, 0.25) is 16.9 Å². The Morgan fingerprint density at radius 1 is 0.964 bits per heavy atom. The third-order valence-electron chi connectivity index (χ3n) is 3.53. The number of thioether (sulfide) groups is 1. The molecule has 0 aliphatic carbocycles. The fourth-order valence-corrected chi connectivity index (χ4v) is 4.20. The zero-order valence-electron chi connectivity index (χ0n) is 15.3. The summed E-state index contributed by atoms with van der Waals surface area (Å²) < 4.78 is 0.691. The minimum absolute atomic E-state index is 0.0936. The van der Waals surface area contributed by atoms with E-state index in [2.05, 4.69) is 26.1 Å². The molecule has 2 amide bonds. The first-order chi connectivity index (χ1) is 13.5. The molecule has 0 radical (unpaired) electrons. The van der Waals surface area contributed by atoms with Gasteiger partial charge in [-0.15, -0.1) is 10.2 Å². The molecule has 9 heteroatoms. The molecule has 1 atom stereocenters. The highest BCUT2D eigenvalue weighted by Gasteiger charge is 2.17. The van der Waals surface area contributed by atoms with E-state index in [-0.39, 0.29) is 17.1 Å². The minimum Gasteiger partial charge on any atom is -0.330 e. The Morgan fingerprint density at radius 3 is 2.43 bits per heavy atom. The van der Waals surface area contributed by atoms with Crippen LogP contribution in [0, 0.1) is 0 Å². The number of anilines is 4. The quantitative estimate of drug-likeness (QED) is 0.498. The monoisotopic (exact) mass is 413 g/mol. The lowest BCUT2D eigenvalue weighted by atomic mass is 10.3. The van der Waals surface area contributed by atoms with E-state index in [1.165, 1.54) is 30.0 Å². The first-order valence-electron chi connectivity index (χ1n) is 8.50. The summed E-state index contributed by atoms with van der Waals surface area (Å²) in [5, 5.41) is 17.3. The highest BCUT2D eigenvalue weighted by molar-refractivity contribution is 8.02. The van der Waals surface area contributed by atoms with Crippen molar-refractivity contribution in [1.82, 2.24) is 10.2 Å². The molecule has 0 bridgehead atoms. The molecule has 0 aliphatic rings. The molecule has 0 saturated heterocycles. The molecule has 0 unspecified atom stereocenters. The van der Waals surface area contributed by atoms with Gasteiger partial charge in [-0.25, -0.2) is 0 Å². The van der Waals surface area contributed by atoms with Crippen LogP contribution < -0.4 is 16.0 Å². The van der Waals surface area contributed by atoms with E-state index in [1.54, 1.807) is 6.07 Å². The Labute approximate surface area is 171 Å². The first kappa shape index (κ1) is 19.8. The van der Waals surface area contributed by atoms with Crippen molar-refractivity contribution in [2.75, 3.05) is 16.0 Å². The summed E-state index contributed by atoms with van der Waals surface area (Å²) in [7, 11) is 0. The number of amides is 2. The molecule has 3 rings (SSSR count). The zero-order valence-corrected chi connectivity index (χ0v) is 16.9. The second-order valence-corrected chi connectivity index (χ2v) is 8.44. The zero-order chi connectivity index (χ0) is 19.9. The van der Waals surface area contributed by atoms with Gasteiger partial charge in [0.05, 0.1) is 5.25 Å². The molecule has 0 aliphatic heterocycles. The van der Waals surface area contributed by atoms with Crippen LogP contribution in [0.2, 0.25) is 0 Å². The molecule has 1 heterocycles. The van der Waals surface area contributed by atoms with Gasteiger partial charge in [-0.2, -0.15) is 0 Å². The van der Waals surface area contributed by atoms with Crippen molar-refractivity contribution in [2.45, 2.75) is 23.4 Å². The van der Waals surface area contributed by atoms with Gasteiger partial charge in [0, 0.05) is 24.0 Å². The van der Waals surface area contributed by atoms with Crippen LogP contribution in [-0.2, 0) is 9.59 Å². The minimum atomic E-state index is -0.316. The van der Waals surface area contributed by atoms with Crippen molar-refractivity contribution < 1.29 is 9.59 Å². The SMILES string of the molecule is CC(=O)Nc1cccc(Nc2nnc(S[C@@H](C)C(=O)Nc3ccccc3)s2)c1. The predicted molar refractivity (Wildman–Crippen MR) is 114 cm³/mol. The summed E-state index contributed by atoms with van der Waals surface area (Å²) >= 11 is 2.71. The number of nitrogens with zero attached hydrogens (tertiary/aromatic N) is 2. The summed E-state index contributed by atoms with van der Waals surface area (Å²) in [6.07, 6.45) is 0. The molecule has 144 valence electrons.